The molecule has 6 nitrogen and oxygen atoms in total. The van der Waals surface area contributed by atoms with Crippen molar-refractivity contribution in [3.63, 3.8) is 0 Å². The average molecular weight is 396 g/mol. The molecular weight excluding hydrogens is 366 g/mol. The number of carbonyl (C=O) groups is 2. The number of anilines is 1. The van der Waals surface area contributed by atoms with Crippen molar-refractivity contribution in [2.24, 2.45) is 0 Å². The number of rotatable bonds is 6. The Morgan fingerprint density at radius 1 is 1.00 bits per heavy atom. The van der Waals surface area contributed by atoms with Crippen LogP contribution in [0.5, 0.6) is 5.75 Å². The van der Waals surface area contributed by atoms with E-state index in [-0.39, 0.29) is 17.9 Å². The normalized spacial score (nSPS) is 15.0. The predicted molar refractivity (Wildman–Crippen MR) is 115 cm³/mol. The molecule has 0 aromatic heterocycles. The Bertz CT molecular complexity index is 843. The van der Waals surface area contributed by atoms with Gasteiger partial charge in [0.2, 0.25) is 0 Å². The Labute approximate surface area is 172 Å². The minimum atomic E-state index is -0.108. The van der Waals surface area contributed by atoms with Crippen LogP contribution in [0.25, 0.3) is 0 Å². The van der Waals surface area contributed by atoms with Crippen LogP contribution in [0, 0.1) is 0 Å². The van der Waals surface area contributed by atoms with Gasteiger partial charge in [0, 0.05) is 43.3 Å². The summed E-state index contributed by atoms with van der Waals surface area (Å²) in [5, 5.41) is 2.94. The van der Waals surface area contributed by atoms with Crippen LogP contribution in [0.4, 0.5) is 5.69 Å². The monoisotopic (exact) mass is 395 g/mol. The largest absolute Gasteiger partial charge is 0.495 e. The fourth-order valence-corrected chi connectivity index (χ4v) is 3.40. The van der Waals surface area contributed by atoms with Gasteiger partial charge in [-0.05, 0) is 49.7 Å². The van der Waals surface area contributed by atoms with E-state index >= 15 is 0 Å². The number of ether oxygens (including phenoxy) is 1. The highest BCUT2D eigenvalue weighted by molar-refractivity contribution is 5.98. The summed E-state index contributed by atoms with van der Waals surface area (Å²) in [6.07, 6.45) is 0.878. The van der Waals surface area contributed by atoms with Gasteiger partial charge in [-0.3, -0.25) is 9.59 Å². The maximum Gasteiger partial charge on any atom is 0.253 e. The van der Waals surface area contributed by atoms with Crippen LogP contribution in [-0.4, -0.2) is 56.0 Å². The zero-order chi connectivity index (χ0) is 20.8. The van der Waals surface area contributed by atoms with Gasteiger partial charge in [0.05, 0.1) is 12.8 Å². The molecule has 2 aromatic carbocycles. The fraction of sp³-hybridized carbons (Fsp3) is 0.391. The number of nitrogens with one attached hydrogen (secondary N) is 1. The van der Waals surface area contributed by atoms with Crippen molar-refractivity contribution in [2.75, 3.05) is 38.2 Å². The summed E-state index contributed by atoms with van der Waals surface area (Å²) in [5.74, 6) is 0.737. The zero-order valence-electron chi connectivity index (χ0n) is 17.4. The molecule has 1 heterocycles. The first-order valence-electron chi connectivity index (χ1n) is 10.1. The van der Waals surface area contributed by atoms with Crippen molar-refractivity contribution < 1.29 is 14.3 Å². The van der Waals surface area contributed by atoms with Crippen LogP contribution in [0.2, 0.25) is 0 Å². The minimum absolute atomic E-state index is 0.00133. The zero-order valence-corrected chi connectivity index (χ0v) is 17.4. The highest BCUT2D eigenvalue weighted by Crippen LogP contribution is 2.28. The maximum absolute atomic E-state index is 12.9. The molecule has 154 valence electrons. The molecule has 1 aliphatic heterocycles. The molecular formula is C23H29N3O3. The van der Waals surface area contributed by atoms with Gasteiger partial charge in [-0.1, -0.05) is 19.1 Å². The molecule has 29 heavy (non-hydrogen) atoms. The Hall–Kier alpha value is -3.02. The lowest BCUT2D eigenvalue weighted by atomic mass is 10.1. The summed E-state index contributed by atoms with van der Waals surface area (Å²) in [5.41, 5.74) is 2.23. The van der Waals surface area contributed by atoms with E-state index < -0.39 is 0 Å². The molecule has 1 saturated heterocycles. The molecule has 6 heteroatoms. The minimum Gasteiger partial charge on any atom is -0.495 e. The van der Waals surface area contributed by atoms with Crippen LogP contribution in [0.15, 0.2) is 48.5 Å². The Kier molecular flexibility index (Phi) is 6.75. The molecule has 0 aliphatic carbocycles. The second-order valence-electron chi connectivity index (χ2n) is 7.31. The van der Waals surface area contributed by atoms with Crippen molar-refractivity contribution in [1.29, 1.82) is 0 Å². The predicted octanol–water partition coefficient (Wildman–Crippen LogP) is 3.19. The van der Waals surface area contributed by atoms with E-state index in [1.807, 2.05) is 43.0 Å². The molecule has 0 saturated carbocycles. The summed E-state index contributed by atoms with van der Waals surface area (Å²) in [7, 11) is 1.67. The Balaban J connectivity index is 1.60. The molecule has 1 atom stereocenters. The lowest BCUT2D eigenvalue weighted by molar-refractivity contribution is 0.0746. The molecule has 2 aromatic rings. The Morgan fingerprint density at radius 3 is 2.24 bits per heavy atom. The van der Waals surface area contributed by atoms with Gasteiger partial charge in [-0.25, -0.2) is 0 Å². The average Bonchev–Trinajstić information content (AvgIpc) is 2.78. The lowest BCUT2D eigenvalue weighted by Crippen LogP contribution is -2.48. The summed E-state index contributed by atoms with van der Waals surface area (Å²) in [4.78, 5) is 29.2. The number of amides is 2. The second-order valence-corrected chi connectivity index (χ2v) is 7.31. The summed E-state index contributed by atoms with van der Waals surface area (Å²) < 4.78 is 5.45. The molecule has 3 rings (SSSR count). The van der Waals surface area contributed by atoms with Gasteiger partial charge in [-0.15, -0.1) is 0 Å². The van der Waals surface area contributed by atoms with Crippen molar-refractivity contribution in [3.05, 3.63) is 59.7 Å². The van der Waals surface area contributed by atoms with Crippen molar-refractivity contribution in [3.8, 4) is 5.75 Å². The number of benzene rings is 2. The van der Waals surface area contributed by atoms with E-state index in [4.69, 9.17) is 4.74 Å². The second kappa shape index (κ2) is 9.45. The molecule has 0 bridgehead atoms. The standard InChI is InChI=1S/C23H29N3O3/c1-4-17(2)24-22(27)18-9-11-19(12-10-18)23(28)26-15-13-25(14-16-26)20-7-5-6-8-21(20)29-3/h5-12,17H,4,13-16H2,1-3H3,(H,24,27). The third-order valence-electron chi connectivity index (χ3n) is 5.38. The third kappa shape index (κ3) is 4.88. The summed E-state index contributed by atoms with van der Waals surface area (Å²) in [6, 6.07) is 15.0. The van der Waals surface area contributed by atoms with E-state index in [1.54, 1.807) is 31.4 Å². The molecule has 1 aliphatic rings. The van der Waals surface area contributed by atoms with Gasteiger partial charge < -0.3 is 19.9 Å². The SMILES string of the molecule is CCC(C)NC(=O)c1ccc(C(=O)N2CCN(c3ccccc3OC)CC2)cc1. The van der Waals surface area contributed by atoms with Crippen LogP contribution < -0.4 is 15.0 Å². The van der Waals surface area contributed by atoms with E-state index in [9.17, 15) is 9.59 Å². The highest BCUT2D eigenvalue weighted by Gasteiger charge is 2.24. The topological polar surface area (TPSA) is 61.9 Å². The fourth-order valence-electron chi connectivity index (χ4n) is 3.40. The van der Waals surface area contributed by atoms with Gasteiger partial charge >= 0.3 is 0 Å². The van der Waals surface area contributed by atoms with Crippen LogP contribution >= 0.6 is 0 Å². The number of hydrogen-bond acceptors (Lipinski definition) is 4. The quantitative estimate of drug-likeness (QED) is 0.816. The number of piperazine rings is 1. The number of nitrogens with zero attached hydrogens (tertiary/aromatic N) is 2. The first kappa shape index (κ1) is 20.7. The van der Waals surface area contributed by atoms with Crippen LogP contribution in [0.3, 0.4) is 0 Å². The van der Waals surface area contributed by atoms with Gasteiger partial charge in [0.15, 0.2) is 0 Å². The highest BCUT2D eigenvalue weighted by atomic mass is 16.5. The van der Waals surface area contributed by atoms with Crippen molar-refractivity contribution in [2.45, 2.75) is 26.3 Å². The van der Waals surface area contributed by atoms with E-state index in [0.29, 0.717) is 24.2 Å². The van der Waals surface area contributed by atoms with Crippen molar-refractivity contribution >= 4 is 17.5 Å². The summed E-state index contributed by atoms with van der Waals surface area (Å²) in [6.45, 7) is 6.80. The maximum atomic E-state index is 12.9. The van der Waals surface area contributed by atoms with Gasteiger partial charge in [0.1, 0.15) is 5.75 Å². The van der Waals surface area contributed by atoms with Crippen LogP contribution in [0.1, 0.15) is 41.0 Å². The van der Waals surface area contributed by atoms with Crippen molar-refractivity contribution in [1.82, 2.24) is 10.2 Å². The van der Waals surface area contributed by atoms with E-state index in [1.165, 1.54) is 0 Å². The van der Waals surface area contributed by atoms with E-state index in [0.717, 1.165) is 30.9 Å². The molecule has 2 amide bonds. The van der Waals surface area contributed by atoms with E-state index in [2.05, 4.69) is 10.2 Å². The van der Waals surface area contributed by atoms with Gasteiger partial charge in [-0.2, -0.15) is 0 Å². The number of para-hydroxylation sites is 2. The summed E-state index contributed by atoms with van der Waals surface area (Å²) >= 11 is 0. The lowest BCUT2D eigenvalue weighted by Gasteiger charge is -2.36. The molecule has 0 radical (unpaired) electrons. The Morgan fingerprint density at radius 2 is 1.62 bits per heavy atom. The molecule has 1 fully saturated rings. The molecule has 0 spiro atoms. The first-order chi connectivity index (χ1) is 14.0. The third-order valence-corrected chi connectivity index (χ3v) is 5.38. The molecule has 1 N–H and O–H groups in total. The van der Waals surface area contributed by atoms with Crippen LogP contribution in [-0.2, 0) is 0 Å². The number of carbonyl (C=O) groups excluding carboxylic acids is 2. The number of hydrogen-bond donors (Lipinski definition) is 1. The molecule has 1 unspecified atom stereocenters. The van der Waals surface area contributed by atoms with Gasteiger partial charge in [0.25, 0.3) is 11.8 Å². The number of methoxy groups -OCH3 is 1. The first-order valence-corrected chi connectivity index (χ1v) is 10.1. The smallest absolute Gasteiger partial charge is 0.253 e.